The van der Waals surface area contributed by atoms with Gasteiger partial charge >= 0.3 is 40.0 Å². The van der Waals surface area contributed by atoms with Crippen LogP contribution in [0.1, 0.15) is 13.3 Å². The maximum atomic E-state index is 12.3. The number of hydrogen-bond acceptors (Lipinski definition) is 13. The Kier molecular flexibility index (Phi) is 13.1. The van der Waals surface area contributed by atoms with Crippen LogP contribution in [0.3, 0.4) is 0 Å². The third kappa shape index (κ3) is 9.98. The van der Waals surface area contributed by atoms with Crippen LogP contribution in [0.2, 0.25) is 0 Å². The summed E-state index contributed by atoms with van der Waals surface area (Å²) in [5.74, 6) is -2.05. The SMILES string of the molecule is CC(=O)N[C@H]1[C@H](O[C@@H]2C[C@@H](C(=O)NCCS(=O)(=O)O)NC2CO)O[C@H](CO)[C@@H](OS(=O)(=O)O)[C@@H]1O.[Na+]. The van der Waals surface area contributed by atoms with E-state index in [2.05, 4.69) is 20.1 Å². The summed E-state index contributed by atoms with van der Waals surface area (Å²) in [6.45, 7) is -0.700. The van der Waals surface area contributed by atoms with Crippen molar-refractivity contribution in [2.24, 2.45) is 0 Å². The third-order valence-corrected chi connectivity index (χ3v) is 6.45. The molecule has 0 aromatic rings. The molecule has 36 heavy (non-hydrogen) atoms. The standard InChI is InChI=1S/C16H29N3O14S2.Na/c1-7(22)18-12-13(23)14(33-35(28,29)30)11(6-21)32-16(12)31-10-4-8(19-9(10)5-20)15(24)17-2-3-34(25,26)27;/h8-14,16,19-21,23H,2-6H2,1H3,(H,17,24)(H,18,22)(H,25,26,27)(H,28,29,30);/q;+1/t8-,9?,10+,11+,12+,13+,14+,16+;/m0./s1. The average Bonchev–Trinajstić information content (AvgIpc) is 3.13. The molecule has 2 rings (SSSR count). The molecule has 2 amide bonds. The van der Waals surface area contributed by atoms with E-state index in [9.17, 15) is 41.7 Å². The van der Waals surface area contributed by atoms with Gasteiger partial charge in [-0.05, 0) is 6.42 Å². The normalized spacial score (nSPS) is 32.9. The van der Waals surface area contributed by atoms with Crippen LogP contribution in [0.5, 0.6) is 0 Å². The molecule has 8 atom stereocenters. The second-order valence-corrected chi connectivity index (χ2v) is 10.5. The fraction of sp³-hybridized carbons (Fsp3) is 0.875. The Morgan fingerprint density at radius 2 is 1.78 bits per heavy atom. The van der Waals surface area contributed by atoms with Gasteiger partial charge < -0.3 is 35.4 Å². The Labute approximate surface area is 229 Å². The quantitative estimate of drug-likeness (QED) is 0.0841. The number of carbonyl (C=O) groups is 2. The first-order valence-electron chi connectivity index (χ1n) is 10.3. The molecule has 0 aromatic heterocycles. The number of aliphatic hydroxyl groups is 3. The average molecular weight is 575 g/mol. The molecule has 2 heterocycles. The van der Waals surface area contributed by atoms with Gasteiger partial charge in [-0.3, -0.25) is 24.0 Å². The molecule has 2 aliphatic heterocycles. The Balaban J connectivity index is 0.00000648. The van der Waals surface area contributed by atoms with Crippen molar-refractivity contribution >= 4 is 32.3 Å². The van der Waals surface area contributed by atoms with Gasteiger partial charge in [-0.25, -0.2) is 4.18 Å². The molecule has 1 unspecified atom stereocenters. The topological polar surface area (TPSA) is 267 Å². The van der Waals surface area contributed by atoms with Gasteiger partial charge in [0.05, 0.1) is 37.2 Å². The minimum Gasteiger partial charge on any atom is -0.395 e. The number of rotatable bonds is 11. The van der Waals surface area contributed by atoms with Gasteiger partial charge in [0.25, 0.3) is 10.1 Å². The van der Waals surface area contributed by atoms with Crippen LogP contribution in [-0.2, 0) is 43.8 Å². The van der Waals surface area contributed by atoms with Crippen LogP contribution in [0.4, 0.5) is 0 Å². The minimum absolute atomic E-state index is 0. The van der Waals surface area contributed by atoms with Gasteiger partial charge in [-0.1, -0.05) is 0 Å². The van der Waals surface area contributed by atoms with E-state index >= 15 is 0 Å². The van der Waals surface area contributed by atoms with Crippen molar-refractivity contribution in [3.8, 4) is 0 Å². The summed E-state index contributed by atoms with van der Waals surface area (Å²) in [7, 11) is -9.38. The largest absolute Gasteiger partial charge is 1.00 e. The fourth-order valence-corrected chi connectivity index (χ4v) is 4.64. The smallest absolute Gasteiger partial charge is 0.395 e. The Bertz CT molecular complexity index is 967. The predicted octanol–water partition coefficient (Wildman–Crippen LogP) is -8.13. The van der Waals surface area contributed by atoms with Crippen molar-refractivity contribution in [1.29, 1.82) is 0 Å². The molecule has 2 fully saturated rings. The van der Waals surface area contributed by atoms with E-state index in [4.69, 9.17) is 18.6 Å². The molecular weight excluding hydrogens is 545 g/mol. The van der Waals surface area contributed by atoms with Crippen molar-refractivity contribution < 1.29 is 94.1 Å². The number of carbonyl (C=O) groups excluding carboxylic acids is 2. The van der Waals surface area contributed by atoms with Gasteiger partial charge in [0, 0.05) is 13.5 Å². The van der Waals surface area contributed by atoms with Crippen LogP contribution in [0, 0.1) is 0 Å². The summed E-state index contributed by atoms with van der Waals surface area (Å²) in [5, 5.41) is 37.3. The van der Waals surface area contributed by atoms with Gasteiger partial charge in [-0.15, -0.1) is 0 Å². The van der Waals surface area contributed by atoms with E-state index in [-0.39, 0.29) is 42.5 Å². The number of nitrogens with one attached hydrogen (secondary N) is 3. The Morgan fingerprint density at radius 1 is 1.14 bits per heavy atom. The van der Waals surface area contributed by atoms with E-state index in [0.29, 0.717) is 0 Å². The number of amides is 2. The van der Waals surface area contributed by atoms with Crippen molar-refractivity contribution in [1.82, 2.24) is 16.0 Å². The molecule has 2 saturated heterocycles. The van der Waals surface area contributed by atoms with E-state index in [1.807, 2.05) is 0 Å². The zero-order chi connectivity index (χ0) is 26.6. The molecule has 0 bridgehead atoms. The zero-order valence-corrected chi connectivity index (χ0v) is 23.0. The summed E-state index contributed by atoms with van der Waals surface area (Å²) in [6, 6.07) is -3.27. The van der Waals surface area contributed by atoms with Crippen LogP contribution >= 0.6 is 0 Å². The van der Waals surface area contributed by atoms with Crippen molar-refractivity contribution in [3.63, 3.8) is 0 Å². The molecule has 8 N–H and O–H groups in total. The first kappa shape index (κ1) is 33.5. The van der Waals surface area contributed by atoms with Crippen molar-refractivity contribution in [3.05, 3.63) is 0 Å². The van der Waals surface area contributed by atoms with Crippen molar-refractivity contribution in [2.45, 2.75) is 62.2 Å². The Hall–Kier alpha value is -0.520. The van der Waals surface area contributed by atoms with Gasteiger partial charge in [0.15, 0.2) is 6.29 Å². The van der Waals surface area contributed by atoms with E-state index in [0.717, 1.165) is 6.92 Å². The molecule has 0 aromatic carbocycles. The molecule has 17 nitrogen and oxygen atoms in total. The molecule has 204 valence electrons. The molecule has 0 spiro atoms. The van der Waals surface area contributed by atoms with Crippen LogP contribution in [0.15, 0.2) is 0 Å². The van der Waals surface area contributed by atoms with Gasteiger partial charge in [0.2, 0.25) is 11.8 Å². The summed E-state index contributed by atoms with van der Waals surface area (Å²) < 4.78 is 77.3. The minimum atomic E-state index is -5.08. The second-order valence-electron chi connectivity index (χ2n) is 7.93. The second kappa shape index (κ2) is 14.0. The van der Waals surface area contributed by atoms with Crippen molar-refractivity contribution in [2.75, 3.05) is 25.5 Å². The monoisotopic (exact) mass is 574 g/mol. The predicted molar refractivity (Wildman–Crippen MR) is 112 cm³/mol. The van der Waals surface area contributed by atoms with Crippen LogP contribution in [0.25, 0.3) is 0 Å². The molecule has 0 radical (unpaired) electrons. The third-order valence-electron chi connectivity index (χ3n) is 5.27. The summed E-state index contributed by atoms with van der Waals surface area (Å²) in [6.07, 6.45) is -7.76. The number of ether oxygens (including phenoxy) is 2. The first-order chi connectivity index (χ1) is 16.1. The summed E-state index contributed by atoms with van der Waals surface area (Å²) in [4.78, 5) is 24.0. The van der Waals surface area contributed by atoms with E-state index < -0.39 is 100 Å². The molecule has 20 heteroatoms. The van der Waals surface area contributed by atoms with Crippen LogP contribution in [-0.4, -0.2) is 127 Å². The molecule has 0 aliphatic carbocycles. The molecule has 0 saturated carbocycles. The maximum Gasteiger partial charge on any atom is 1.00 e. The summed E-state index contributed by atoms with van der Waals surface area (Å²) in [5.41, 5.74) is 0. The van der Waals surface area contributed by atoms with Gasteiger partial charge in [0.1, 0.15) is 24.4 Å². The fourth-order valence-electron chi connectivity index (χ4n) is 3.76. The zero-order valence-electron chi connectivity index (χ0n) is 19.4. The first-order valence-corrected chi connectivity index (χ1v) is 13.2. The van der Waals surface area contributed by atoms with Crippen LogP contribution < -0.4 is 45.5 Å². The number of hydrogen-bond donors (Lipinski definition) is 8. The maximum absolute atomic E-state index is 12.3. The molecule has 2 aliphatic rings. The van der Waals surface area contributed by atoms with E-state index in [1.165, 1.54) is 0 Å². The Morgan fingerprint density at radius 3 is 2.28 bits per heavy atom. The van der Waals surface area contributed by atoms with E-state index in [1.54, 1.807) is 0 Å². The molecular formula is C16H29N3NaO14S2+. The number of aliphatic hydroxyl groups excluding tert-OH is 3. The van der Waals surface area contributed by atoms with Gasteiger partial charge in [-0.2, -0.15) is 16.8 Å². The summed E-state index contributed by atoms with van der Waals surface area (Å²) >= 11 is 0.